The normalized spacial score (nSPS) is 15.1. The number of amides is 2. The number of carboxylic acids is 1. The minimum atomic E-state index is -4.43. The number of nitrogens with one attached hydrogen (secondary N) is 2. The van der Waals surface area contributed by atoms with Gasteiger partial charge in [0, 0.05) is 31.0 Å². The molecule has 0 saturated carbocycles. The minimum absolute atomic E-state index is 0.124. The summed E-state index contributed by atoms with van der Waals surface area (Å²) < 4.78 is 37.7. The van der Waals surface area contributed by atoms with Gasteiger partial charge in [-0.3, -0.25) is 0 Å². The van der Waals surface area contributed by atoms with Gasteiger partial charge in [-0.1, -0.05) is 0 Å². The van der Waals surface area contributed by atoms with E-state index in [4.69, 9.17) is 0 Å². The molecule has 2 aromatic rings. The molecule has 3 N–H and O–H groups in total. The maximum absolute atomic E-state index is 12.6. The molecule has 10 heteroatoms. The average Bonchev–Trinajstić information content (AvgIpc) is 2.68. The van der Waals surface area contributed by atoms with Gasteiger partial charge in [-0.15, -0.1) is 0 Å². The quantitative estimate of drug-likeness (QED) is 0.719. The van der Waals surface area contributed by atoms with E-state index in [1.807, 2.05) is 4.90 Å². The number of hydrogen-bond acceptors (Lipinski definition) is 4. The molecule has 29 heavy (non-hydrogen) atoms. The van der Waals surface area contributed by atoms with Gasteiger partial charge in [0.25, 0.3) is 0 Å². The van der Waals surface area contributed by atoms with E-state index in [2.05, 4.69) is 15.6 Å². The van der Waals surface area contributed by atoms with Gasteiger partial charge in [-0.2, -0.15) is 13.2 Å². The van der Waals surface area contributed by atoms with Crippen LogP contribution in [0.25, 0.3) is 0 Å². The molecule has 154 valence electrons. The molecule has 1 saturated heterocycles. The van der Waals surface area contributed by atoms with Crippen LogP contribution in [0.4, 0.5) is 29.5 Å². The smallest absolute Gasteiger partial charge is 0.416 e. The number of pyridine rings is 1. The van der Waals surface area contributed by atoms with Crippen molar-refractivity contribution in [2.45, 2.75) is 25.1 Å². The predicted octanol–water partition coefficient (Wildman–Crippen LogP) is 3.59. The second-order valence-electron chi connectivity index (χ2n) is 6.61. The Morgan fingerprint density at radius 3 is 2.34 bits per heavy atom. The van der Waals surface area contributed by atoms with Crippen molar-refractivity contribution < 1.29 is 27.9 Å². The lowest BCUT2D eigenvalue weighted by atomic mass is 10.0. The van der Waals surface area contributed by atoms with E-state index in [1.54, 1.807) is 6.07 Å². The first-order valence-electron chi connectivity index (χ1n) is 8.92. The lowest BCUT2D eigenvalue weighted by Gasteiger charge is -2.33. The van der Waals surface area contributed by atoms with Crippen molar-refractivity contribution in [3.8, 4) is 0 Å². The number of piperidine rings is 1. The Balaban J connectivity index is 1.52. The maximum Gasteiger partial charge on any atom is 0.416 e. The van der Waals surface area contributed by atoms with Crippen LogP contribution < -0.4 is 15.5 Å². The second-order valence-corrected chi connectivity index (χ2v) is 6.61. The standard InChI is InChI=1S/C19H19F3N4O3/c20-19(21,22)12-3-5-13(6-4-12)24-18(29)25-14-7-10-26(11-8-14)16-15(17(27)28)2-1-9-23-16/h1-6,9,14H,7-8,10-11H2,(H,27,28)(H2,24,25,29). The Labute approximate surface area is 164 Å². The summed E-state index contributed by atoms with van der Waals surface area (Å²) in [5.41, 5.74) is -0.405. The van der Waals surface area contributed by atoms with E-state index >= 15 is 0 Å². The van der Waals surface area contributed by atoms with Crippen molar-refractivity contribution in [3.05, 3.63) is 53.7 Å². The van der Waals surface area contributed by atoms with E-state index in [0.717, 1.165) is 12.1 Å². The molecular weight excluding hydrogens is 389 g/mol. The number of benzene rings is 1. The number of hydrogen-bond donors (Lipinski definition) is 3. The summed E-state index contributed by atoms with van der Waals surface area (Å²) in [7, 11) is 0. The third-order valence-corrected chi connectivity index (χ3v) is 4.62. The summed E-state index contributed by atoms with van der Waals surface area (Å²) in [6, 6.07) is 6.60. The molecule has 0 atom stereocenters. The number of carbonyl (C=O) groups excluding carboxylic acids is 1. The largest absolute Gasteiger partial charge is 0.478 e. The topological polar surface area (TPSA) is 94.6 Å². The van der Waals surface area contributed by atoms with Crippen molar-refractivity contribution in [2.75, 3.05) is 23.3 Å². The zero-order valence-electron chi connectivity index (χ0n) is 15.2. The van der Waals surface area contributed by atoms with E-state index < -0.39 is 23.7 Å². The lowest BCUT2D eigenvalue weighted by molar-refractivity contribution is -0.137. The number of anilines is 2. The first-order chi connectivity index (χ1) is 13.7. The van der Waals surface area contributed by atoms with Crippen molar-refractivity contribution in [3.63, 3.8) is 0 Å². The van der Waals surface area contributed by atoms with Crippen LogP contribution in [0.1, 0.15) is 28.8 Å². The maximum atomic E-state index is 12.6. The summed E-state index contributed by atoms with van der Waals surface area (Å²) in [6.45, 7) is 1.03. The number of halogens is 3. The van der Waals surface area contributed by atoms with Gasteiger partial charge in [0.1, 0.15) is 11.4 Å². The molecule has 1 aliphatic heterocycles. The fourth-order valence-corrected chi connectivity index (χ4v) is 3.15. The summed E-state index contributed by atoms with van der Waals surface area (Å²) in [4.78, 5) is 29.5. The average molecular weight is 408 g/mol. The molecule has 7 nitrogen and oxygen atoms in total. The Bertz CT molecular complexity index is 879. The number of rotatable bonds is 4. The lowest BCUT2D eigenvalue weighted by Crippen LogP contribution is -2.46. The van der Waals surface area contributed by atoms with Gasteiger partial charge in [-0.05, 0) is 49.2 Å². The van der Waals surface area contributed by atoms with Gasteiger partial charge in [0.05, 0.1) is 5.56 Å². The minimum Gasteiger partial charge on any atom is -0.478 e. The van der Waals surface area contributed by atoms with Gasteiger partial charge >= 0.3 is 18.2 Å². The van der Waals surface area contributed by atoms with Crippen LogP contribution in [0.2, 0.25) is 0 Å². The molecule has 0 radical (unpaired) electrons. The van der Waals surface area contributed by atoms with E-state index in [0.29, 0.717) is 31.7 Å². The van der Waals surface area contributed by atoms with Crippen LogP contribution >= 0.6 is 0 Å². The molecule has 0 bridgehead atoms. The Kier molecular flexibility index (Phi) is 5.90. The number of aromatic nitrogens is 1. The van der Waals surface area contributed by atoms with Gasteiger partial charge < -0.3 is 20.6 Å². The molecule has 3 rings (SSSR count). The summed E-state index contributed by atoms with van der Waals surface area (Å²) >= 11 is 0. The molecule has 2 amide bonds. The third-order valence-electron chi connectivity index (χ3n) is 4.62. The van der Waals surface area contributed by atoms with Crippen LogP contribution in [0.15, 0.2) is 42.6 Å². The highest BCUT2D eigenvalue weighted by atomic mass is 19.4. The zero-order chi connectivity index (χ0) is 21.0. The fourth-order valence-electron chi connectivity index (χ4n) is 3.15. The van der Waals surface area contributed by atoms with Gasteiger partial charge in [0.2, 0.25) is 0 Å². The highest BCUT2D eigenvalue weighted by molar-refractivity contribution is 5.93. The number of urea groups is 1. The molecule has 1 aromatic heterocycles. The molecule has 0 aliphatic carbocycles. The number of aromatic carboxylic acids is 1. The molecule has 1 fully saturated rings. The number of alkyl halides is 3. The fraction of sp³-hybridized carbons (Fsp3) is 0.316. The predicted molar refractivity (Wildman–Crippen MR) is 100 cm³/mol. The summed E-state index contributed by atoms with van der Waals surface area (Å²) in [6.07, 6.45) is -1.74. The summed E-state index contributed by atoms with van der Waals surface area (Å²) in [5, 5.41) is 14.6. The number of nitrogens with zero attached hydrogens (tertiary/aromatic N) is 2. The molecule has 0 unspecified atom stereocenters. The number of carboxylic acid groups (broad SMARTS) is 1. The van der Waals surface area contributed by atoms with Crippen molar-refractivity contribution in [1.82, 2.24) is 10.3 Å². The van der Waals surface area contributed by atoms with Gasteiger partial charge in [0.15, 0.2) is 0 Å². The molecular formula is C19H19F3N4O3. The van der Waals surface area contributed by atoms with Crippen LogP contribution in [0.5, 0.6) is 0 Å². The van der Waals surface area contributed by atoms with Crippen molar-refractivity contribution in [2.24, 2.45) is 0 Å². The molecule has 2 heterocycles. The Morgan fingerprint density at radius 2 is 1.76 bits per heavy atom. The second kappa shape index (κ2) is 8.38. The monoisotopic (exact) mass is 408 g/mol. The Morgan fingerprint density at radius 1 is 1.10 bits per heavy atom. The summed E-state index contributed by atoms with van der Waals surface area (Å²) in [5.74, 6) is -0.656. The molecule has 0 spiro atoms. The first kappa shape index (κ1) is 20.4. The van der Waals surface area contributed by atoms with Gasteiger partial charge in [-0.25, -0.2) is 14.6 Å². The van der Waals surface area contributed by atoms with Crippen LogP contribution in [-0.2, 0) is 6.18 Å². The zero-order valence-corrected chi connectivity index (χ0v) is 15.2. The van der Waals surface area contributed by atoms with Crippen molar-refractivity contribution in [1.29, 1.82) is 0 Å². The first-order valence-corrected chi connectivity index (χ1v) is 8.92. The third kappa shape index (κ3) is 5.15. The molecule has 1 aliphatic rings. The van der Waals surface area contributed by atoms with E-state index in [9.17, 15) is 27.9 Å². The highest BCUT2D eigenvalue weighted by Gasteiger charge is 2.30. The van der Waals surface area contributed by atoms with E-state index in [-0.39, 0.29) is 17.3 Å². The van der Waals surface area contributed by atoms with Crippen molar-refractivity contribution >= 4 is 23.5 Å². The number of carbonyl (C=O) groups is 2. The van der Waals surface area contributed by atoms with Crippen LogP contribution in [-0.4, -0.2) is 41.2 Å². The molecule has 1 aromatic carbocycles. The van der Waals surface area contributed by atoms with Crippen LogP contribution in [0, 0.1) is 0 Å². The highest BCUT2D eigenvalue weighted by Crippen LogP contribution is 2.29. The SMILES string of the molecule is O=C(Nc1ccc(C(F)(F)F)cc1)NC1CCN(c2ncccc2C(=O)O)CC1. The van der Waals surface area contributed by atoms with Crippen LogP contribution in [0.3, 0.4) is 0 Å². The Hall–Kier alpha value is -3.30. The van der Waals surface area contributed by atoms with E-state index in [1.165, 1.54) is 24.4 Å².